The fraction of sp³-hybridized carbons (Fsp3) is 0.636. The Morgan fingerprint density at radius 2 is 2.11 bits per heavy atom. The van der Waals surface area contributed by atoms with Crippen molar-refractivity contribution in [1.29, 1.82) is 0 Å². The minimum Gasteiger partial charge on any atom is -0.383 e. The number of carbonyl (C=O) groups excluding carboxylic acids is 4. The summed E-state index contributed by atoms with van der Waals surface area (Å²) >= 11 is 0. The van der Waals surface area contributed by atoms with Gasteiger partial charge in [-0.15, -0.1) is 0 Å². The molecular weight excluding hydrogens is 254 g/mol. The summed E-state index contributed by atoms with van der Waals surface area (Å²) in [5.74, 6) is -2.40. The van der Waals surface area contributed by atoms with Crippen LogP contribution >= 0.6 is 0 Å². The average Bonchev–Trinajstić information content (AvgIpc) is 2.36. The number of urea groups is 1. The van der Waals surface area contributed by atoms with E-state index in [2.05, 4.69) is 10.6 Å². The molecule has 8 nitrogen and oxygen atoms in total. The Hall–Kier alpha value is -1.96. The van der Waals surface area contributed by atoms with Crippen molar-refractivity contribution in [2.75, 3.05) is 26.8 Å². The summed E-state index contributed by atoms with van der Waals surface area (Å²) in [5, 5.41) is 4.63. The highest BCUT2D eigenvalue weighted by Gasteiger charge is 2.37. The Labute approximate surface area is 110 Å². The number of barbiturate groups is 1. The van der Waals surface area contributed by atoms with E-state index < -0.39 is 23.8 Å². The number of carbonyl (C=O) groups is 4. The fourth-order valence-corrected chi connectivity index (χ4v) is 1.53. The number of hydrogen-bond acceptors (Lipinski definition) is 5. The number of nitrogens with zero attached hydrogens (tertiary/aromatic N) is 1. The maximum absolute atomic E-state index is 11.7. The molecule has 1 heterocycles. The third-order valence-electron chi connectivity index (χ3n) is 2.70. The van der Waals surface area contributed by atoms with Crippen molar-refractivity contribution in [3.05, 3.63) is 0 Å². The van der Waals surface area contributed by atoms with Gasteiger partial charge in [0.25, 0.3) is 0 Å². The Morgan fingerprint density at radius 3 is 2.74 bits per heavy atom. The molecule has 2 N–H and O–H groups in total. The van der Waals surface area contributed by atoms with E-state index in [1.54, 1.807) is 0 Å². The van der Waals surface area contributed by atoms with Crippen LogP contribution in [0.2, 0.25) is 0 Å². The zero-order chi connectivity index (χ0) is 14.4. The highest BCUT2D eigenvalue weighted by molar-refractivity contribution is 6.15. The van der Waals surface area contributed by atoms with Crippen LogP contribution in [0.15, 0.2) is 0 Å². The van der Waals surface area contributed by atoms with Gasteiger partial charge in [-0.2, -0.15) is 0 Å². The van der Waals surface area contributed by atoms with Gasteiger partial charge in [-0.3, -0.25) is 24.6 Å². The Balaban J connectivity index is 2.43. The van der Waals surface area contributed by atoms with Crippen molar-refractivity contribution in [3.8, 4) is 0 Å². The number of amides is 5. The van der Waals surface area contributed by atoms with Gasteiger partial charge in [0.1, 0.15) is 5.92 Å². The molecular formula is C11H17N3O5. The van der Waals surface area contributed by atoms with Crippen LogP contribution in [0.5, 0.6) is 0 Å². The molecule has 0 aliphatic carbocycles. The molecule has 106 valence electrons. The second-order valence-corrected chi connectivity index (χ2v) is 4.10. The summed E-state index contributed by atoms with van der Waals surface area (Å²) < 4.78 is 4.77. The molecule has 1 unspecified atom stereocenters. The molecule has 0 radical (unpaired) electrons. The number of methoxy groups -OCH3 is 1. The maximum Gasteiger partial charge on any atom is 0.330 e. The molecule has 0 aromatic carbocycles. The minimum atomic E-state index is -0.908. The van der Waals surface area contributed by atoms with Crippen molar-refractivity contribution in [1.82, 2.24) is 15.5 Å². The maximum atomic E-state index is 11.7. The Bertz CT molecular complexity index is 396. The molecule has 0 bridgehead atoms. The monoisotopic (exact) mass is 271 g/mol. The highest BCUT2D eigenvalue weighted by Crippen LogP contribution is 2.09. The molecule has 1 rings (SSSR count). The average molecular weight is 271 g/mol. The molecule has 1 saturated heterocycles. The molecule has 5 amide bonds. The fourth-order valence-electron chi connectivity index (χ4n) is 1.53. The van der Waals surface area contributed by atoms with Gasteiger partial charge in [0, 0.05) is 26.6 Å². The zero-order valence-corrected chi connectivity index (χ0v) is 10.9. The second-order valence-electron chi connectivity index (χ2n) is 4.10. The van der Waals surface area contributed by atoms with Crippen molar-refractivity contribution >= 4 is 23.8 Å². The second kappa shape index (κ2) is 6.83. The molecule has 19 heavy (non-hydrogen) atoms. The van der Waals surface area contributed by atoms with Gasteiger partial charge in [-0.05, 0) is 6.92 Å². The van der Waals surface area contributed by atoms with Crippen LogP contribution in [-0.4, -0.2) is 55.5 Å². The molecule has 0 aromatic heterocycles. The van der Waals surface area contributed by atoms with Gasteiger partial charge in [0.05, 0.1) is 6.61 Å². The number of nitrogens with one attached hydrogen (secondary N) is 2. The molecule has 0 aromatic rings. The predicted octanol–water partition coefficient (Wildman–Crippen LogP) is -1.15. The van der Waals surface area contributed by atoms with Crippen LogP contribution in [0.1, 0.15) is 13.3 Å². The van der Waals surface area contributed by atoms with Crippen LogP contribution in [0.4, 0.5) is 4.79 Å². The molecule has 0 saturated carbocycles. The molecule has 1 fully saturated rings. The van der Waals surface area contributed by atoms with Gasteiger partial charge in [-0.1, -0.05) is 0 Å². The van der Waals surface area contributed by atoms with Crippen molar-refractivity contribution in [3.63, 3.8) is 0 Å². The first-order valence-corrected chi connectivity index (χ1v) is 5.89. The van der Waals surface area contributed by atoms with Crippen LogP contribution in [0.3, 0.4) is 0 Å². The van der Waals surface area contributed by atoms with E-state index >= 15 is 0 Å². The largest absolute Gasteiger partial charge is 0.383 e. The van der Waals surface area contributed by atoms with E-state index in [9.17, 15) is 19.2 Å². The van der Waals surface area contributed by atoms with Crippen LogP contribution in [-0.2, 0) is 19.1 Å². The van der Waals surface area contributed by atoms with Crippen LogP contribution in [0, 0.1) is 5.92 Å². The van der Waals surface area contributed by atoms with Gasteiger partial charge in [0.2, 0.25) is 17.7 Å². The third kappa shape index (κ3) is 4.02. The molecule has 0 spiro atoms. The minimum absolute atomic E-state index is 0.0101. The topological polar surface area (TPSA) is 105 Å². The standard InChI is InChI=1S/C11H17N3O5/c1-7-9(16)13-11(18)14(10(7)17)5-3-8(15)12-4-6-19-2/h7H,3-6H2,1-2H3,(H,12,15)(H,13,16,18). The summed E-state index contributed by atoms with van der Waals surface area (Å²) in [6.45, 7) is 2.11. The summed E-state index contributed by atoms with van der Waals surface area (Å²) in [7, 11) is 1.52. The summed E-state index contributed by atoms with van der Waals surface area (Å²) in [5.41, 5.74) is 0. The molecule has 1 aliphatic rings. The van der Waals surface area contributed by atoms with Gasteiger partial charge >= 0.3 is 6.03 Å². The molecule has 1 atom stereocenters. The first kappa shape index (κ1) is 15.1. The summed E-state index contributed by atoms with van der Waals surface area (Å²) in [6, 6.07) is -0.780. The summed E-state index contributed by atoms with van der Waals surface area (Å²) in [4.78, 5) is 46.7. The molecule has 8 heteroatoms. The normalized spacial score (nSPS) is 19.4. The summed E-state index contributed by atoms with van der Waals surface area (Å²) in [6.07, 6.45) is -0.0101. The van der Waals surface area contributed by atoms with E-state index in [0.717, 1.165) is 4.90 Å². The first-order chi connectivity index (χ1) is 8.97. The van der Waals surface area contributed by atoms with Crippen molar-refractivity contribution < 1.29 is 23.9 Å². The third-order valence-corrected chi connectivity index (χ3v) is 2.70. The van der Waals surface area contributed by atoms with Crippen molar-refractivity contribution in [2.45, 2.75) is 13.3 Å². The lowest BCUT2D eigenvalue weighted by atomic mass is 10.1. The number of rotatable bonds is 6. The lowest BCUT2D eigenvalue weighted by molar-refractivity contribution is -0.141. The van der Waals surface area contributed by atoms with E-state index in [1.165, 1.54) is 14.0 Å². The lowest BCUT2D eigenvalue weighted by Crippen LogP contribution is -2.57. The van der Waals surface area contributed by atoms with E-state index in [-0.39, 0.29) is 18.9 Å². The SMILES string of the molecule is COCCNC(=O)CCN1C(=O)NC(=O)C(C)C1=O. The number of ether oxygens (including phenoxy) is 1. The number of imide groups is 2. The van der Waals surface area contributed by atoms with Crippen LogP contribution in [0.25, 0.3) is 0 Å². The zero-order valence-electron chi connectivity index (χ0n) is 10.9. The van der Waals surface area contributed by atoms with E-state index in [1.807, 2.05) is 0 Å². The molecule has 1 aliphatic heterocycles. The van der Waals surface area contributed by atoms with Gasteiger partial charge in [0.15, 0.2) is 0 Å². The van der Waals surface area contributed by atoms with Crippen LogP contribution < -0.4 is 10.6 Å². The van der Waals surface area contributed by atoms with E-state index in [4.69, 9.17) is 4.74 Å². The Kier molecular flexibility index (Phi) is 5.43. The number of hydrogen-bond donors (Lipinski definition) is 2. The highest BCUT2D eigenvalue weighted by atomic mass is 16.5. The van der Waals surface area contributed by atoms with Gasteiger partial charge in [-0.25, -0.2) is 4.79 Å². The van der Waals surface area contributed by atoms with Crippen molar-refractivity contribution in [2.24, 2.45) is 5.92 Å². The van der Waals surface area contributed by atoms with Gasteiger partial charge < -0.3 is 10.1 Å². The van der Waals surface area contributed by atoms with E-state index in [0.29, 0.717) is 13.2 Å². The predicted molar refractivity (Wildman–Crippen MR) is 63.9 cm³/mol. The smallest absolute Gasteiger partial charge is 0.330 e. The Morgan fingerprint density at radius 1 is 1.42 bits per heavy atom. The first-order valence-electron chi connectivity index (χ1n) is 5.89. The lowest BCUT2D eigenvalue weighted by Gasteiger charge is -2.28. The quantitative estimate of drug-likeness (QED) is 0.469.